The number of aliphatic hydroxyl groups is 1. The maximum Gasteiger partial charge on any atom is 0.398 e. The number of likely N-dealkylation sites (tertiary alicyclic amines) is 1. The molecule has 242 valence electrons. The number of alkyl halides is 3. The first-order chi connectivity index (χ1) is 21.2. The first kappa shape index (κ1) is 31.7. The number of rotatable bonds is 6. The smallest absolute Gasteiger partial charge is 0.398 e. The van der Waals surface area contributed by atoms with Crippen molar-refractivity contribution >= 4 is 29.4 Å². The Balaban J connectivity index is 1.45. The number of carboxylic acid groups (broad SMARTS) is 1. The molecule has 13 heteroatoms. The van der Waals surface area contributed by atoms with Crippen LogP contribution in [0.5, 0.6) is 0 Å². The van der Waals surface area contributed by atoms with Gasteiger partial charge in [0.25, 0.3) is 5.91 Å². The lowest BCUT2D eigenvalue weighted by atomic mass is 9.71. The van der Waals surface area contributed by atoms with Crippen LogP contribution in [-0.4, -0.2) is 93.1 Å². The molecule has 9 nitrogen and oxygen atoms in total. The van der Waals surface area contributed by atoms with Crippen LogP contribution < -0.4 is 0 Å². The highest BCUT2D eigenvalue weighted by molar-refractivity contribution is 6.34. The molecule has 0 spiro atoms. The van der Waals surface area contributed by atoms with Gasteiger partial charge in [-0.15, -0.1) is 0 Å². The molecule has 1 unspecified atom stereocenters. The van der Waals surface area contributed by atoms with Gasteiger partial charge < -0.3 is 20.0 Å². The Kier molecular flexibility index (Phi) is 7.93. The highest BCUT2D eigenvalue weighted by Gasteiger charge is 2.65. The summed E-state index contributed by atoms with van der Waals surface area (Å²) in [7, 11) is 3.65. The van der Waals surface area contributed by atoms with Crippen molar-refractivity contribution in [3.8, 4) is 0 Å². The van der Waals surface area contributed by atoms with Crippen molar-refractivity contribution in [2.45, 2.75) is 80.5 Å². The third kappa shape index (κ3) is 5.09. The van der Waals surface area contributed by atoms with Crippen LogP contribution in [0.1, 0.15) is 71.4 Å². The molecule has 6 rings (SSSR count). The molecule has 45 heavy (non-hydrogen) atoms. The Morgan fingerprint density at radius 1 is 1.11 bits per heavy atom. The molecule has 1 aromatic heterocycles. The summed E-state index contributed by atoms with van der Waals surface area (Å²) in [5, 5.41) is 25.5. The topological polar surface area (TPSA) is 116 Å². The van der Waals surface area contributed by atoms with Crippen LogP contribution in [0, 0.1) is 5.92 Å². The van der Waals surface area contributed by atoms with E-state index in [9.17, 15) is 37.8 Å². The fourth-order valence-electron chi connectivity index (χ4n) is 7.51. The number of carboxylic acids is 1. The maximum absolute atomic E-state index is 14.4. The molecular weight excluding hydrogens is 613 g/mol. The largest absolute Gasteiger partial charge is 0.481 e. The van der Waals surface area contributed by atoms with Crippen LogP contribution in [0.2, 0.25) is 5.02 Å². The van der Waals surface area contributed by atoms with Gasteiger partial charge in [0.1, 0.15) is 5.41 Å². The van der Waals surface area contributed by atoms with E-state index in [1.165, 1.54) is 18.2 Å². The molecule has 0 radical (unpaired) electrons. The normalized spacial score (nSPS) is 27.5. The number of aromatic nitrogens is 2. The second kappa shape index (κ2) is 11.2. The minimum absolute atomic E-state index is 0.0435. The molecule has 0 bridgehead atoms. The van der Waals surface area contributed by atoms with Gasteiger partial charge >= 0.3 is 12.1 Å². The fraction of sp³-hybridized carbons (Fsp3) is 0.562. The monoisotopic (exact) mass is 648 g/mol. The third-order valence-electron chi connectivity index (χ3n) is 10.3. The number of nitrogens with zero attached hydrogens (tertiary/aromatic N) is 4. The fourth-order valence-corrected chi connectivity index (χ4v) is 7.77. The second-order valence-electron chi connectivity index (χ2n) is 13.1. The van der Waals surface area contributed by atoms with Crippen molar-refractivity contribution in [1.82, 2.24) is 19.6 Å². The Morgan fingerprint density at radius 2 is 1.84 bits per heavy atom. The van der Waals surface area contributed by atoms with E-state index in [0.717, 1.165) is 4.68 Å². The lowest BCUT2D eigenvalue weighted by Gasteiger charge is -2.31. The summed E-state index contributed by atoms with van der Waals surface area (Å²) in [6.45, 7) is 0.488. The number of benzene rings is 1. The average Bonchev–Trinajstić information content (AvgIpc) is 3.60. The van der Waals surface area contributed by atoms with Crippen molar-refractivity contribution in [2.24, 2.45) is 5.92 Å². The molecular formula is C32H36ClF3N4O5. The number of carbonyl (C=O) groups excluding carboxylic acids is 2. The summed E-state index contributed by atoms with van der Waals surface area (Å²) in [6.07, 6.45) is -0.479. The molecule has 1 saturated carbocycles. The van der Waals surface area contributed by atoms with Crippen LogP contribution in [0.25, 0.3) is 0 Å². The van der Waals surface area contributed by atoms with Gasteiger partial charge in [0.15, 0.2) is 0 Å². The molecule has 3 aliphatic carbocycles. The van der Waals surface area contributed by atoms with Gasteiger partial charge in [-0.25, -0.2) is 4.68 Å². The molecule has 1 aromatic carbocycles. The number of allylic oxidation sites excluding steroid dienone is 2. The first-order valence-electron chi connectivity index (χ1n) is 15.2. The standard InChI is InChI=1S/C32H36ClF3N4O5/c1-38(2)23-16-39(17-24(23)41)27(42)18-9-10-19-22(15-18)40(37-26(19)30(29(44)45)11-4-3-5-12-30)28(43)25-20(7-6-8-21(25)33)31(13-14-31)32(34,35)36/h3-4,6-8,18,23-24,41H,5,9-17H2,1-2H3,(H,44,45)/t18?,23-,24-,30+/m0/s1. The maximum atomic E-state index is 14.4. The van der Waals surface area contributed by atoms with Gasteiger partial charge in [0.05, 0.1) is 39.5 Å². The number of carbonyl (C=O) groups is 3. The van der Waals surface area contributed by atoms with Gasteiger partial charge in [-0.1, -0.05) is 35.9 Å². The Hall–Kier alpha value is -3.22. The Labute approximate surface area is 263 Å². The van der Waals surface area contributed by atoms with E-state index in [1.807, 2.05) is 25.1 Å². The molecule has 2 aromatic rings. The van der Waals surface area contributed by atoms with E-state index >= 15 is 0 Å². The number of aliphatic carboxylic acids is 1. The van der Waals surface area contributed by atoms with Crippen LogP contribution in [-0.2, 0) is 33.3 Å². The van der Waals surface area contributed by atoms with E-state index in [-0.39, 0.29) is 78.9 Å². The van der Waals surface area contributed by atoms with E-state index < -0.39 is 40.9 Å². The van der Waals surface area contributed by atoms with Gasteiger partial charge in [-0.2, -0.15) is 18.3 Å². The number of fused-ring (bicyclic) bond motifs is 1. The third-order valence-corrected chi connectivity index (χ3v) is 10.6. The zero-order valence-corrected chi connectivity index (χ0v) is 25.9. The van der Waals surface area contributed by atoms with Gasteiger partial charge in [0, 0.05) is 25.4 Å². The number of hydrogen-bond donors (Lipinski definition) is 2. The Bertz CT molecular complexity index is 1580. The van der Waals surface area contributed by atoms with E-state index in [1.54, 1.807) is 11.0 Å². The minimum atomic E-state index is -4.61. The van der Waals surface area contributed by atoms with E-state index in [0.29, 0.717) is 30.6 Å². The summed E-state index contributed by atoms with van der Waals surface area (Å²) in [6, 6.07) is 3.79. The summed E-state index contributed by atoms with van der Waals surface area (Å²) >= 11 is 6.47. The number of likely N-dealkylation sites (N-methyl/N-ethyl adjacent to an activating group) is 1. The van der Waals surface area contributed by atoms with Crippen molar-refractivity contribution in [2.75, 3.05) is 27.2 Å². The van der Waals surface area contributed by atoms with Crippen molar-refractivity contribution < 1.29 is 37.8 Å². The van der Waals surface area contributed by atoms with Gasteiger partial charge in [-0.05, 0) is 76.2 Å². The first-order valence-corrected chi connectivity index (χ1v) is 15.6. The van der Waals surface area contributed by atoms with Crippen LogP contribution in [0.3, 0.4) is 0 Å². The number of β-amino-alcohol motifs (C(OH)–C–C–N with tert-alkyl or cyclic N) is 1. The molecule has 2 N–H and O–H groups in total. The summed E-state index contributed by atoms with van der Waals surface area (Å²) in [5.41, 5.74) is -3.09. The van der Waals surface area contributed by atoms with Gasteiger partial charge in [0.2, 0.25) is 5.91 Å². The molecule has 2 fully saturated rings. The summed E-state index contributed by atoms with van der Waals surface area (Å²) in [4.78, 5) is 44.4. The number of hydrogen-bond acceptors (Lipinski definition) is 6. The molecule has 4 atom stereocenters. The van der Waals surface area contributed by atoms with Crippen molar-refractivity contribution in [1.29, 1.82) is 0 Å². The van der Waals surface area contributed by atoms with Crippen LogP contribution in [0.15, 0.2) is 30.4 Å². The Morgan fingerprint density at radius 3 is 2.42 bits per heavy atom. The molecule has 1 saturated heterocycles. The van der Waals surface area contributed by atoms with Crippen LogP contribution in [0.4, 0.5) is 13.2 Å². The predicted molar refractivity (Wildman–Crippen MR) is 158 cm³/mol. The lowest BCUT2D eigenvalue weighted by molar-refractivity contribution is -0.160. The molecule has 1 amide bonds. The SMILES string of the molecule is CN(C)[C@H]1CN(C(=O)C2CCc3c([C@@]4(C(=O)O)CC=CCC4)nn(C(=O)c4c(Cl)cccc4C4(C(F)(F)F)CC4)c3C2)C[C@@H]1O. The minimum Gasteiger partial charge on any atom is -0.481 e. The quantitative estimate of drug-likeness (QED) is 0.453. The second-order valence-corrected chi connectivity index (χ2v) is 13.5. The van der Waals surface area contributed by atoms with Crippen molar-refractivity contribution in [3.05, 3.63) is 63.5 Å². The number of halogens is 4. The average molecular weight is 649 g/mol. The zero-order chi connectivity index (χ0) is 32.5. The van der Waals surface area contributed by atoms with Crippen LogP contribution >= 0.6 is 11.6 Å². The highest BCUT2D eigenvalue weighted by atomic mass is 35.5. The molecule has 1 aliphatic heterocycles. The number of amides is 1. The summed E-state index contributed by atoms with van der Waals surface area (Å²) in [5.74, 6) is -2.77. The van der Waals surface area contributed by atoms with Gasteiger partial charge in [-0.3, -0.25) is 14.4 Å². The number of aliphatic hydroxyl groups excluding tert-OH is 1. The zero-order valence-electron chi connectivity index (χ0n) is 25.1. The lowest BCUT2D eigenvalue weighted by Crippen LogP contribution is -2.40. The summed E-state index contributed by atoms with van der Waals surface area (Å²) < 4.78 is 43.9. The highest BCUT2D eigenvalue weighted by Crippen LogP contribution is 2.60. The van der Waals surface area contributed by atoms with Crippen molar-refractivity contribution in [3.63, 3.8) is 0 Å². The van der Waals surface area contributed by atoms with E-state index in [2.05, 4.69) is 5.10 Å². The molecule has 4 aliphatic rings. The molecule has 2 heterocycles. The predicted octanol–water partition coefficient (Wildman–Crippen LogP) is 4.12. The van der Waals surface area contributed by atoms with E-state index in [4.69, 9.17) is 11.6 Å².